The van der Waals surface area contributed by atoms with E-state index < -0.39 is 5.91 Å². The first-order valence-electron chi connectivity index (χ1n) is 7.28. The van der Waals surface area contributed by atoms with Gasteiger partial charge >= 0.3 is 0 Å². The molecule has 0 bridgehead atoms. The van der Waals surface area contributed by atoms with Gasteiger partial charge in [0.2, 0.25) is 0 Å². The molecule has 0 heterocycles. The molecule has 2 amide bonds. The number of halogens is 2. The lowest BCUT2D eigenvalue weighted by Gasteiger charge is -2.07. The summed E-state index contributed by atoms with van der Waals surface area (Å²) in [6.45, 7) is -0.261. The lowest BCUT2D eigenvalue weighted by atomic mass is 10.2. The van der Waals surface area contributed by atoms with Crippen LogP contribution in [0.3, 0.4) is 0 Å². The van der Waals surface area contributed by atoms with E-state index in [1.54, 1.807) is 36.4 Å². The molecule has 0 spiro atoms. The van der Waals surface area contributed by atoms with Gasteiger partial charge in [-0.15, -0.1) is 0 Å². The summed E-state index contributed by atoms with van der Waals surface area (Å²) in [7, 11) is 1.54. The van der Waals surface area contributed by atoms with Crippen LogP contribution in [0.2, 0.25) is 5.02 Å². The predicted octanol–water partition coefficient (Wildman–Crippen LogP) is 2.58. The van der Waals surface area contributed by atoms with E-state index in [9.17, 15) is 9.59 Å². The highest BCUT2D eigenvalue weighted by atomic mass is 127. The van der Waals surface area contributed by atoms with Gasteiger partial charge in [-0.1, -0.05) is 11.6 Å². The Morgan fingerprint density at radius 1 is 1.27 bits per heavy atom. The van der Waals surface area contributed by atoms with E-state index in [1.807, 2.05) is 0 Å². The lowest BCUT2D eigenvalue weighted by Crippen LogP contribution is -2.20. The van der Waals surface area contributed by atoms with Gasteiger partial charge in [-0.25, -0.2) is 5.43 Å². The van der Waals surface area contributed by atoms with Crippen molar-refractivity contribution in [1.82, 2.24) is 5.43 Å². The van der Waals surface area contributed by atoms with Gasteiger partial charge < -0.3 is 15.2 Å². The molecule has 0 fully saturated rings. The van der Waals surface area contributed by atoms with Gasteiger partial charge in [-0.3, -0.25) is 9.59 Å². The van der Waals surface area contributed by atoms with Crippen LogP contribution in [0.25, 0.3) is 0 Å². The number of hydrogen-bond acceptors (Lipinski definition) is 5. The van der Waals surface area contributed by atoms with Crippen molar-refractivity contribution in [2.24, 2.45) is 10.8 Å². The number of methoxy groups -OCH3 is 1. The van der Waals surface area contributed by atoms with Gasteiger partial charge in [0.15, 0.2) is 6.61 Å². The molecule has 0 aromatic heterocycles. The fraction of sp³-hybridized carbons (Fsp3) is 0.118. The van der Waals surface area contributed by atoms with Crippen LogP contribution >= 0.6 is 34.2 Å². The zero-order chi connectivity index (χ0) is 19.1. The van der Waals surface area contributed by atoms with Crippen molar-refractivity contribution >= 4 is 52.2 Å². The smallest absolute Gasteiger partial charge is 0.271 e. The van der Waals surface area contributed by atoms with Crippen LogP contribution in [0.5, 0.6) is 11.5 Å². The van der Waals surface area contributed by atoms with Crippen molar-refractivity contribution < 1.29 is 19.1 Å². The Hall–Kier alpha value is -2.33. The van der Waals surface area contributed by atoms with Gasteiger partial charge in [-0.2, -0.15) is 5.10 Å². The average molecular weight is 488 g/mol. The zero-order valence-electron chi connectivity index (χ0n) is 13.7. The first-order chi connectivity index (χ1) is 12.4. The molecular weight excluding hydrogens is 473 g/mol. The Morgan fingerprint density at radius 3 is 2.69 bits per heavy atom. The quantitative estimate of drug-likeness (QED) is 0.356. The minimum absolute atomic E-state index is 0.261. The largest absolute Gasteiger partial charge is 0.496 e. The van der Waals surface area contributed by atoms with Crippen LogP contribution in [-0.2, 0) is 4.79 Å². The van der Waals surface area contributed by atoms with Crippen LogP contribution < -0.4 is 20.6 Å². The second-order valence-electron chi connectivity index (χ2n) is 4.99. The Bertz CT molecular complexity index is 858. The van der Waals surface area contributed by atoms with E-state index in [-0.39, 0.29) is 12.5 Å². The molecule has 136 valence electrons. The number of rotatable bonds is 7. The van der Waals surface area contributed by atoms with E-state index in [0.717, 1.165) is 3.57 Å². The molecule has 0 aliphatic rings. The van der Waals surface area contributed by atoms with E-state index in [0.29, 0.717) is 27.6 Å². The number of hydrazone groups is 1. The lowest BCUT2D eigenvalue weighted by molar-refractivity contribution is -0.119. The first kappa shape index (κ1) is 20.0. The highest BCUT2D eigenvalue weighted by Gasteiger charge is 2.08. The summed E-state index contributed by atoms with van der Waals surface area (Å²) in [6, 6.07) is 9.93. The summed E-state index contributed by atoms with van der Waals surface area (Å²) in [5.41, 5.74) is 8.51. The standard InChI is InChI=1S/C17H15ClIN3O4/c1-25-15-7-11(3-4-13(15)19)17(24)22-21-8-10-2-5-14(12(18)6-10)26-9-16(20)23/h2-8H,9H2,1H3,(H2,20,23)(H,22,24). The third-order valence-electron chi connectivity index (χ3n) is 3.12. The zero-order valence-corrected chi connectivity index (χ0v) is 16.6. The summed E-state index contributed by atoms with van der Waals surface area (Å²) in [4.78, 5) is 22.8. The monoisotopic (exact) mass is 487 g/mol. The minimum atomic E-state index is -0.596. The number of nitrogens with two attached hydrogens (primary N) is 1. The Kier molecular flexibility index (Phi) is 7.22. The second kappa shape index (κ2) is 9.39. The van der Waals surface area contributed by atoms with Crippen LogP contribution in [0.1, 0.15) is 15.9 Å². The molecule has 0 saturated heterocycles. The molecule has 26 heavy (non-hydrogen) atoms. The van der Waals surface area contributed by atoms with Crippen molar-refractivity contribution in [3.63, 3.8) is 0 Å². The van der Waals surface area contributed by atoms with E-state index >= 15 is 0 Å². The van der Waals surface area contributed by atoms with Crippen molar-refractivity contribution in [1.29, 1.82) is 0 Å². The van der Waals surface area contributed by atoms with E-state index in [4.69, 9.17) is 26.8 Å². The summed E-state index contributed by atoms with van der Waals surface area (Å²) in [5, 5.41) is 4.20. The number of benzene rings is 2. The maximum atomic E-state index is 12.1. The summed E-state index contributed by atoms with van der Waals surface area (Å²) in [6.07, 6.45) is 1.44. The average Bonchev–Trinajstić information content (AvgIpc) is 2.61. The summed E-state index contributed by atoms with van der Waals surface area (Å²) >= 11 is 8.17. The van der Waals surface area contributed by atoms with E-state index in [2.05, 4.69) is 33.1 Å². The van der Waals surface area contributed by atoms with Crippen LogP contribution in [0, 0.1) is 3.57 Å². The number of hydrogen-bond donors (Lipinski definition) is 2. The van der Waals surface area contributed by atoms with Crippen LogP contribution in [0.15, 0.2) is 41.5 Å². The summed E-state index contributed by atoms with van der Waals surface area (Å²) < 4.78 is 11.2. The molecule has 0 aliphatic heterocycles. The molecule has 9 heteroatoms. The van der Waals surface area contributed by atoms with Crippen LogP contribution in [0.4, 0.5) is 0 Å². The predicted molar refractivity (Wildman–Crippen MR) is 107 cm³/mol. The van der Waals surface area contributed by atoms with Crippen molar-refractivity contribution in [3.05, 3.63) is 56.1 Å². The molecule has 0 unspecified atom stereocenters. The normalized spacial score (nSPS) is 10.6. The molecular formula is C17H15ClIN3O4. The molecule has 7 nitrogen and oxygen atoms in total. The second-order valence-corrected chi connectivity index (χ2v) is 6.56. The van der Waals surface area contributed by atoms with Crippen molar-refractivity contribution in [2.45, 2.75) is 0 Å². The third-order valence-corrected chi connectivity index (χ3v) is 4.31. The Balaban J connectivity index is 2.00. The van der Waals surface area contributed by atoms with Gasteiger partial charge in [0.1, 0.15) is 11.5 Å². The molecule has 3 N–H and O–H groups in total. The molecule has 2 aromatic rings. The van der Waals surface area contributed by atoms with Gasteiger partial charge in [0, 0.05) is 5.56 Å². The Labute approximate surface area is 168 Å². The Morgan fingerprint density at radius 2 is 2.04 bits per heavy atom. The number of nitrogens with zero attached hydrogens (tertiary/aromatic N) is 1. The topological polar surface area (TPSA) is 103 Å². The highest BCUT2D eigenvalue weighted by Crippen LogP contribution is 2.25. The minimum Gasteiger partial charge on any atom is -0.496 e. The van der Waals surface area contributed by atoms with Crippen molar-refractivity contribution in [2.75, 3.05) is 13.7 Å². The number of ether oxygens (including phenoxy) is 2. The number of primary amides is 1. The molecule has 2 rings (SSSR count). The highest BCUT2D eigenvalue weighted by molar-refractivity contribution is 14.1. The SMILES string of the molecule is COc1cc(C(=O)NN=Cc2ccc(OCC(N)=O)c(Cl)c2)ccc1I. The van der Waals surface area contributed by atoms with Crippen LogP contribution in [-0.4, -0.2) is 31.7 Å². The van der Waals surface area contributed by atoms with Crippen molar-refractivity contribution in [3.8, 4) is 11.5 Å². The number of nitrogens with one attached hydrogen (secondary N) is 1. The summed E-state index contributed by atoms with van der Waals surface area (Å²) in [5.74, 6) is -0.0247. The van der Waals surface area contributed by atoms with Gasteiger partial charge in [0.25, 0.3) is 11.8 Å². The first-order valence-corrected chi connectivity index (χ1v) is 8.74. The molecule has 0 saturated carbocycles. The maximum absolute atomic E-state index is 12.1. The molecule has 0 radical (unpaired) electrons. The number of amides is 2. The number of carbonyl (C=O) groups is 2. The molecule has 2 aromatic carbocycles. The van der Waals surface area contributed by atoms with Gasteiger partial charge in [0.05, 0.1) is 21.9 Å². The molecule has 0 aliphatic carbocycles. The van der Waals surface area contributed by atoms with Gasteiger partial charge in [-0.05, 0) is 64.6 Å². The fourth-order valence-electron chi connectivity index (χ4n) is 1.89. The number of carbonyl (C=O) groups excluding carboxylic acids is 2. The van der Waals surface area contributed by atoms with E-state index in [1.165, 1.54) is 13.3 Å². The molecule has 0 atom stereocenters. The maximum Gasteiger partial charge on any atom is 0.271 e. The fourth-order valence-corrected chi connectivity index (χ4v) is 2.69. The third kappa shape index (κ3) is 5.60.